The van der Waals surface area contributed by atoms with Crippen molar-refractivity contribution in [2.75, 3.05) is 11.1 Å². The van der Waals surface area contributed by atoms with Crippen LogP contribution in [0.1, 0.15) is 11.8 Å². The topological polar surface area (TPSA) is 59.8 Å². The number of carbonyl (C=O) groups excluding carboxylic acids is 1. The number of carbonyl (C=O) groups is 1. The number of para-hydroxylation sites is 1. The normalized spacial score (nSPS) is 10.7. The zero-order valence-electron chi connectivity index (χ0n) is 14.8. The van der Waals surface area contributed by atoms with E-state index in [4.69, 9.17) is 11.6 Å². The lowest BCUT2D eigenvalue weighted by Crippen LogP contribution is -2.15. The van der Waals surface area contributed by atoms with E-state index in [9.17, 15) is 4.79 Å². The van der Waals surface area contributed by atoms with Crippen molar-refractivity contribution < 1.29 is 4.79 Å². The molecule has 0 bridgehead atoms. The number of rotatable bonds is 8. The Morgan fingerprint density at radius 1 is 1.41 bits per heavy atom. The fourth-order valence-corrected chi connectivity index (χ4v) is 4.21. The summed E-state index contributed by atoms with van der Waals surface area (Å²) in [6, 6.07) is 9.29. The molecule has 0 fully saturated rings. The largest absolute Gasteiger partial charge is 0.324 e. The van der Waals surface area contributed by atoms with Gasteiger partial charge < -0.3 is 5.32 Å². The number of benzene rings is 1. The van der Waals surface area contributed by atoms with Gasteiger partial charge in [-0.1, -0.05) is 48.5 Å². The van der Waals surface area contributed by atoms with E-state index >= 15 is 0 Å². The van der Waals surface area contributed by atoms with Gasteiger partial charge in [-0.05, 0) is 24.6 Å². The molecule has 2 heterocycles. The van der Waals surface area contributed by atoms with Gasteiger partial charge in [-0.3, -0.25) is 9.36 Å². The Labute approximate surface area is 171 Å². The molecular weight excluding hydrogens is 400 g/mol. The Hall–Kier alpha value is -2.09. The van der Waals surface area contributed by atoms with Crippen molar-refractivity contribution >= 4 is 46.3 Å². The zero-order valence-corrected chi connectivity index (χ0v) is 17.2. The molecule has 5 nitrogen and oxygen atoms in total. The SMILES string of the molecule is C=CCn1c(SCC(=O)Nc2ccccc2Cl)nnc1-c1csc(CC)c1. The van der Waals surface area contributed by atoms with Crippen LogP contribution in [0, 0.1) is 0 Å². The molecule has 0 aliphatic rings. The maximum Gasteiger partial charge on any atom is 0.234 e. The molecule has 1 aromatic carbocycles. The molecule has 3 rings (SSSR count). The number of hydrogen-bond acceptors (Lipinski definition) is 5. The Kier molecular flexibility index (Phi) is 6.71. The molecule has 3 aromatic rings. The number of allylic oxidation sites excluding steroid dienone is 1. The minimum absolute atomic E-state index is 0.147. The molecule has 140 valence electrons. The van der Waals surface area contributed by atoms with Gasteiger partial charge >= 0.3 is 0 Å². The van der Waals surface area contributed by atoms with Gasteiger partial charge in [-0.15, -0.1) is 28.1 Å². The fourth-order valence-electron chi connectivity index (χ4n) is 2.46. The second-order valence-corrected chi connectivity index (χ2v) is 8.02. The van der Waals surface area contributed by atoms with Gasteiger partial charge in [0.05, 0.1) is 16.5 Å². The first-order chi connectivity index (χ1) is 13.1. The van der Waals surface area contributed by atoms with Crippen LogP contribution in [-0.2, 0) is 17.8 Å². The average Bonchev–Trinajstić information content (AvgIpc) is 3.29. The highest BCUT2D eigenvalue weighted by Gasteiger charge is 2.16. The van der Waals surface area contributed by atoms with E-state index in [1.54, 1.807) is 29.5 Å². The number of hydrogen-bond donors (Lipinski definition) is 1. The first-order valence-electron chi connectivity index (χ1n) is 8.41. The van der Waals surface area contributed by atoms with Gasteiger partial charge in [0, 0.05) is 22.4 Å². The van der Waals surface area contributed by atoms with Crippen molar-refractivity contribution in [1.82, 2.24) is 14.8 Å². The van der Waals surface area contributed by atoms with Gasteiger partial charge in [0.15, 0.2) is 11.0 Å². The maximum atomic E-state index is 12.3. The summed E-state index contributed by atoms with van der Waals surface area (Å²) < 4.78 is 1.97. The Morgan fingerprint density at radius 2 is 2.22 bits per heavy atom. The summed E-state index contributed by atoms with van der Waals surface area (Å²) in [7, 11) is 0. The number of nitrogens with zero attached hydrogens (tertiary/aromatic N) is 3. The predicted octanol–water partition coefficient (Wildman–Crippen LogP) is 5.14. The van der Waals surface area contributed by atoms with E-state index in [0.29, 0.717) is 22.4 Å². The van der Waals surface area contributed by atoms with Crippen molar-refractivity contribution in [3.63, 3.8) is 0 Å². The lowest BCUT2D eigenvalue weighted by molar-refractivity contribution is -0.113. The maximum absolute atomic E-state index is 12.3. The number of amides is 1. The molecule has 27 heavy (non-hydrogen) atoms. The molecule has 0 aliphatic carbocycles. The summed E-state index contributed by atoms with van der Waals surface area (Å²) in [5.41, 5.74) is 1.64. The fraction of sp³-hybridized carbons (Fsp3) is 0.211. The van der Waals surface area contributed by atoms with E-state index in [2.05, 4.69) is 40.5 Å². The lowest BCUT2D eigenvalue weighted by Gasteiger charge is -2.08. The van der Waals surface area contributed by atoms with E-state index in [1.807, 2.05) is 16.7 Å². The van der Waals surface area contributed by atoms with Gasteiger partial charge in [0.1, 0.15) is 0 Å². The van der Waals surface area contributed by atoms with Crippen LogP contribution < -0.4 is 5.32 Å². The Balaban J connectivity index is 1.72. The van der Waals surface area contributed by atoms with E-state index in [-0.39, 0.29) is 11.7 Å². The van der Waals surface area contributed by atoms with Crippen LogP contribution in [0.2, 0.25) is 5.02 Å². The summed E-state index contributed by atoms with van der Waals surface area (Å²) in [4.78, 5) is 13.6. The number of nitrogens with one attached hydrogen (secondary N) is 1. The van der Waals surface area contributed by atoms with Crippen molar-refractivity contribution in [3.05, 3.63) is 58.3 Å². The third-order valence-corrected chi connectivity index (χ3v) is 6.15. The Morgan fingerprint density at radius 3 is 2.93 bits per heavy atom. The standard InChI is InChI=1S/C19H19ClN4OS2/c1-3-9-24-18(13-10-14(4-2)26-11-13)22-23-19(24)27-12-17(25)21-16-8-6-5-7-15(16)20/h3,5-8,10-11H,1,4,9,12H2,2H3,(H,21,25). The molecule has 8 heteroatoms. The average molecular weight is 419 g/mol. The summed E-state index contributed by atoms with van der Waals surface area (Å²) in [5.74, 6) is 0.858. The first-order valence-corrected chi connectivity index (χ1v) is 10.7. The third-order valence-electron chi connectivity index (χ3n) is 3.77. The van der Waals surface area contributed by atoms with Crippen LogP contribution in [0.4, 0.5) is 5.69 Å². The van der Waals surface area contributed by atoms with E-state index < -0.39 is 0 Å². The van der Waals surface area contributed by atoms with Crippen LogP contribution in [0.5, 0.6) is 0 Å². The molecule has 0 radical (unpaired) electrons. The molecule has 0 aliphatic heterocycles. The molecule has 0 unspecified atom stereocenters. The molecule has 0 saturated heterocycles. The predicted molar refractivity (Wildman–Crippen MR) is 114 cm³/mol. The highest BCUT2D eigenvalue weighted by Crippen LogP contribution is 2.28. The number of halogens is 1. The zero-order chi connectivity index (χ0) is 19.2. The quantitative estimate of drug-likeness (QED) is 0.406. The lowest BCUT2D eigenvalue weighted by atomic mass is 10.2. The molecule has 0 atom stereocenters. The summed E-state index contributed by atoms with van der Waals surface area (Å²) in [6.45, 7) is 6.52. The molecule has 0 saturated carbocycles. The summed E-state index contributed by atoms with van der Waals surface area (Å²) in [5, 5.41) is 14.7. The van der Waals surface area contributed by atoms with E-state index in [1.165, 1.54) is 16.6 Å². The van der Waals surface area contributed by atoms with Crippen LogP contribution in [0.25, 0.3) is 11.4 Å². The monoisotopic (exact) mass is 418 g/mol. The minimum Gasteiger partial charge on any atom is -0.324 e. The van der Waals surface area contributed by atoms with Crippen molar-refractivity contribution in [2.45, 2.75) is 25.0 Å². The minimum atomic E-state index is -0.147. The van der Waals surface area contributed by atoms with Gasteiger partial charge in [0.2, 0.25) is 5.91 Å². The van der Waals surface area contributed by atoms with Crippen molar-refractivity contribution in [2.24, 2.45) is 0 Å². The second-order valence-electron chi connectivity index (χ2n) is 5.68. The number of anilines is 1. The van der Waals surface area contributed by atoms with Crippen molar-refractivity contribution in [3.8, 4) is 11.4 Å². The van der Waals surface area contributed by atoms with Gasteiger partial charge in [0.25, 0.3) is 0 Å². The van der Waals surface area contributed by atoms with Gasteiger partial charge in [-0.2, -0.15) is 0 Å². The smallest absolute Gasteiger partial charge is 0.234 e. The van der Waals surface area contributed by atoms with Crippen molar-refractivity contribution in [1.29, 1.82) is 0 Å². The van der Waals surface area contributed by atoms with Crippen LogP contribution in [-0.4, -0.2) is 26.4 Å². The highest BCUT2D eigenvalue weighted by atomic mass is 35.5. The van der Waals surface area contributed by atoms with Crippen LogP contribution >= 0.6 is 34.7 Å². The number of aryl methyl sites for hydroxylation is 1. The number of thiophene rings is 1. The molecular formula is C19H19ClN4OS2. The van der Waals surface area contributed by atoms with Gasteiger partial charge in [-0.25, -0.2) is 0 Å². The van der Waals surface area contributed by atoms with E-state index in [0.717, 1.165) is 17.8 Å². The molecule has 1 N–H and O–H groups in total. The highest BCUT2D eigenvalue weighted by molar-refractivity contribution is 7.99. The Bertz CT molecular complexity index is 951. The number of thioether (sulfide) groups is 1. The molecule has 2 aromatic heterocycles. The second kappa shape index (κ2) is 9.21. The number of aromatic nitrogens is 3. The van der Waals surface area contributed by atoms with Crippen LogP contribution in [0.3, 0.4) is 0 Å². The first kappa shape index (κ1) is 19.7. The molecule has 1 amide bonds. The third kappa shape index (κ3) is 4.80. The molecule has 0 spiro atoms. The van der Waals surface area contributed by atoms with Crippen LogP contribution in [0.15, 0.2) is 53.5 Å². The summed E-state index contributed by atoms with van der Waals surface area (Å²) >= 11 is 9.13. The summed E-state index contributed by atoms with van der Waals surface area (Å²) in [6.07, 6.45) is 2.79.